The zero-order valence-electron chi connectivity index (χ0n) is 22.6. The number of likely N-dealkylation sites (tertiary alicyclic amines) is 1. The van der Waals surface area contributed by atoms with Crippen molar-refractivity contribution in [2.24, 2.45) is 13.0 Å². The van der Waals surface area contributed by atoms with Crippen molar-refractivity contribution in [3.63, 3.8) is 0 Å². The number of aromatic nitrogens is 4. The van der Waals surface area contributed by atoms with Gasteiger partial charge in [0.25, 0.3) is 0 Å². The van der Waals surface area contributed by atoms with Crippen molar-refractivity contribution >= 4 is 16.8 Å². The monoisotopic (exact) mass is 556 g/mol. The summed E-state index contributed by atoms with van der Waals surface area (Å²) in [5.41, 5.74) is 2.94. The summed E-state index contributed by atoms with van der Waals surface area (Å²) < 4.78 is 50.1. The number of oxazole rings is 1. The van der Waals surface area contributed by atoms with Crippen molar-refractivity contribution in [1.29, 1.82) is 0 Å². The maximum absolute atomic E-state index is 14.2. The first-order chi connectivity index (χ1) is 19.7. The first-order valence-corrected chi connectivity index (χ1v) is 13.4. The van der Waals surface area contributed by atoms with E-state index in [0.29, 0.717) is 40.7 Å². The standard InChI is InChI=1S/C31H27F3N6O/c1-19-6-5-11-40(16-19)17-20-12-26(31(32,33)34)28-27(13-20)37-30(41-28)22-8-4-7-21(14-22)24-10-9-23(35-2)15-25(24)29-38-36-18-39(29)3/h4,7-10,12-15,18-19H,5-6,11,16-17H2,1,3H3/t19-/m0/s1. The van der Waals surface area contributed by atoms with Crippen molar-refractivity contribution in [2.75, 3.05) is 13.1 Å². The predicted octanol–water partition coefficient (Wildman–Crippen LogP) is 7.76. The molecule has 0 unspecified atom stereocenters. The van der Waals surface area contributed by atoms with Crippen LogP contribution in [0.5, 0.6) is 0 Å². The molecule has 1 fully saturated rings. The van der Waals surface area contributed by atoms with Crippen LogP contribution in [0.4, 0.5) is 18.9 Å². The van der Waals surface area contributed by atoms with E-state index in [-0.39, 0.29) is 17.0 Å². The number of hydrogen-bond donors (Lipinski definition) is 0. The molecule has 0 spiro atoms. The Labute approximate surface area is 235 Å². The van der Waals surface area contributed by atoms with Crippen LogP contribution in [0, 0.1) is 12.5 Å². The number of halogens is 3. The lowest BCUT2D eigenvalue weighted by Crippen LogP contribution is -2.33. The third-order valence-corrected chi connectivity index (χ3v) is 7.51. The van der Waals surface area contributed by atoms with Gasteiger partial charge in [0.15, 0.2) is 17.1 Å². The van der Waals surface area contributed by atoms with Crippen molar-refractivity contribution in [2.45, 2.75) is 32.5 Å². The molecule has 1 atom stereocenters. The Bertz CT molecular complexity index is 1780. The average Bonchev–Trinajstić information content (AvgIpc) is 3.58. The molecule has 7 nitrogen and oxygen atoms in total. The highest BCUT2D eigenvalue weighted by Gasteiger charge is 2.36. The van der Waals surface area contributed by atoms with E-state index in [0.717, 1.165) is 37.1 Å². The second-order valence-corrected chi connectivity index (χ2v) is 10.7. The highest BCUT2D eigenvalue weighted by molar-refractivity contribution is 5.86. The van der Waals surface area contributed by atoms with Crippen LogP contribution >= 0.6 is 0 Å². The second kappa shape index (κ2) is 10.5. The highest BCUT2D eigenvalue weighted by Crippen LogP contribution is 2.40. The van der Waals surface area contributed by atoms with Gasteiger partial charge in [-0.25, -0.2) is 9.83 Å². The number of benzene rings is 3. The fraction of sp³-hybridized carbons (Fsp3) is 0.290. The summed E-state index contributed by atoms with van der Waals surface area (Å²) in [6.07, 6.45) is -0.827. The Morgan fingerprint density at radius 3 is 2.63 bits per heavy atom. The molecule has 1 aliphatic rings. The normalized spacial score (nSPS) is 16.2. The minimum Gasteiger partial charge on any atom is -0.435 e. The van der Waals surface area contributed by atoms with Crippen molar-refractivity contribution in [3.8, 4) is 34.0 Å². The number of fused-ring (bicyclic) bond motifs is 1. The molecule has 6 rings (SSSR count). The molecule has 3 heterocycles. The summed E-state index contributed by atoms with van der Waals surface area (Å²) >= 11 is 0. The van der Waals surface area contributed by atoms with Crippen LogP contribution in [0.2, 0.25) is 0 Å². The summed E-state index contributed by atoms with van der Waals surface area (Å²) in [5, 5.41) is 8.18. The van der Waals surface area contributed by atoms with Crippen LogP contribution in [-0.2, 0) is 19.8 Å². The molecule has 5 aromatic rings. The van der Waals surface area contributed by atoms with E-state index in [9.17, 15) is 13.2 Å². The molecule has 0 aliphatic carbocycles. The zero-order valence-corrected chi connectivity index (χ0v) is 22.6. The SMILES string of the molecule is [C-]#[N+]c1ccc(-c2cccc(-c3nc4cc(CN5CCC[C@H](C)C5)cc(C(F)(F)F)c4o3)c2)c(-c2nncn2C)c1. The van der Waals surface area contributed by atoms with E-state index >= 15 is 0 Å². The average molecular weight is 557 g/mol. The van der Waals surface area contributed by atoms with Crippen molar-refractivity contribution < 1.29 is 17.6 Å². The third kappa shape index (κ3) is 5.33. The second-order valence-electron chi connectivity index (χ2n) is 10.7. The molecular formula is C31H27F3N6O. The van der Waals surface area contributed by atoms with Crippen LogP contribution in [0.25, 0.3) is 49.9 Å². The van der Waals surface area contributed by atoms with E-state index < -0.39 is 11.7 Å². The summed E-state index contributed by atoms with van der Waals surface area (Å²) in [4.78, 5) is 10.3. The van der Waals surface area contributed by atoms with E-state index in [1.54, 1.807) is 41.2 Å². The van der Waals surface area contributed by atoms with Gasteiger partial charge in [0.05, 0.1) is 6.57 Å². The van der Waals surface area contributed by atoms with Gasteiger partial charge < -0.3 is 8.98 Å². The number of hydrogen-bond acceptors (Lipinski definition) is 5. The smallest absolute Gasteiger partial charge is 0.420 e. The van der Waals surface area contributed by atoms with Crippen LogP contribution in [0.1, 0.15) is 30.9 Å². The Morgan fingerprint density at radius 2 is 1.90 bits per heavy atom. The Hall–Kier alpha value is -4.49. The molecule has 1 saturated heterocycles. The first kappa shape index (κ1) is 26.7. The van der Waals surface area contributed by atoms with E-state index in [2.05, 4.69) is 31.9 Å². The van der Waals surface area contributed by atoms with Gasteiger partial charge in [-0.05, 0) is 72.3 Å². The summed E-state index contributed by atoms with van der Waals surface area (Å²) in [6, 6.07) is 15.5. The quantitative estimate of drug-likeness (QED) is 0.207. The van der Waals surface area contributed by atoms with Gasteiger partial charge in [-0.3, -0.25) is 4.90 Å². The number of alkyl halides is 3. The molecular weight excluding hydrogens is 529 g/mol. The van der Waals surface area contributed by atoms with E-state index in [1.807, 2.05) is 25.2 Å². The lowest BCUT2D eigenvalue weighted by atomic mass is 9.97. The highest BCUT2D eigenvalue weighted by atomic mass is 19.4. The Balaban J connectivity index is 1.42. The van der Waals surface area contributed by atoms with E-state index in [4.69, 9.17) is 11.0 Å². The minimum atomic E-state index is -4.59. The van der Waals surface area contributed by atoms with Crippen LogP contribution in [0.3, 0.4) is 0 Å². The molecule has 2 aromatic heterocycles. The maximum atomic E-state index is 14.2. The Morgan fingerprint density at radius 1 is 1.07 bits per heavy atom. The largest absolute Gasteiger partial charge is 0.435 e. The fourth-order valence-corrected chi connectivity index (χ4v) is 5.59. The van der Waals surface area contributed by atoms with Crippen LogP contribution in [0.15, 0.2) is 65.3 Å². The van der Waals surface area contributed by atoms with Gasteiger partial charge in [0, 0.05) is 31.3 Å². The molecule has 1 aliphatic heterocycles. The van der Waals surface area contributed by atoms with Crippen LogP contribution < -0.4 is 0 Å². The molecule has 208 valence electrons. The molecule has 10 heteroatoms. The summed E-state index contributed by atoms with van der Waals surface area (Å²) in [6.45, 7) is 11.8. The van der Waals surface area contributed by atoms with Gasteiger partial charge in [-0.1, -0.05) is 31.2 Å². The molecule has 0 bridgehead atoms. The van der Waals surface area contributed by atoms with Gasteiger partial charge in [-0.2, -0.15) is 13.2 Å². The van der Waals surface area contributed by atoms with Gasteiger partial charge in [-0.15, -0.1) is 10.2 Å². The third-order valence-electron chi connectivity index (χ3n) is 7.51. The molecule has 0 radical (unpaired) electrons. The van der Waals surface area contributed by atoms with Gasteiger partial charge in [0.1, 0.15) is 17.4 Å². The van der Waals surface area contributed by atoms with Crippen LogP contribution in [-0.4, -0.2) is 37.7 Å². The van der Waals surface area contributed by atoms with E-state index in [1.165, 1.54) is 6.07 Å². The van der Waals surface area contributed by atoms with Crippen molar-refractivity contribution in [1.82, 2.24) is 24.6 Å². The van der Waals surface area contributed by atoms with Crippen molar-refractivity contribution in [3.05, 3.63) is 83.5 Å². The topological polar surface area (TPSA) is 64.3 Å². The Kier molecular flexibility index (Phi) is 6.83. The number of nitrogens with zero attached hydrogens (tertiary/aromatic N) is 6. The first-order valence-electron chi connectivity index (χ1n) is 13.4. The molecule has 0 amide bonds. The number of piperidine rings is 1. The maximum Gasteiger partial charge on any atom is 0.420 e. The molecule has 3 aromatic carbocycles. The van der Waals surface area contributed by atoms with Gasteiger partial charge in [0.2, 0.25) is 5.89 Å². The van der Waals surface area contributed by atoms with Gasteiger partial charge >= 0.3 is 6.18 Å². The fourth-order valence-electron chi connectivity index (χ4n) is 5.59. The molecule has 0 saturated carbocycles. The molecule has 41 heavy (non-hydrogen) atoms. The molecule has 0 N–H and O–H groups in total. The number of aryl methyl sites for hydroxylation is 1. The lowest BCUT2D eigenvalue weighted by Gasteiger charge is -2.30. The zero-order chi connectivity index (χ0) is 28.7. The summed E-state index contributed by atoms with van der Waals surface area (Å²) in [7, 11) is 1.82. The lowest BCUT2D eigenvalue weighted by molar-refractivity contribution is -0.136. The predicted molar refractivity (Wildman–Crippen MR) is 150 cm³/mol. The minimum absolute atomic E-state index is 0.106. The summed E-state index contributed by atoms with van der Waals surface area (Å²) in [5.74, 6) is 1.21. The number of rotatable bonds is 5.